The first-order valence-electron chi connectivity index (χ1n) is 4.27. The van der Waals surface area contributed by atoms with Gasteiger partial charge >= 0.3 is 0 Å². The minimum absolute atomic E-state index is 0.340. The van der Waals surface area contributed by atoms with Crippen LogP contribution in [0.25, 0.3) is 0 Å². The van der Waals surface area contributed by atoms with E-state index in [1.165, 1.54) is 12.2 Å². The summed E-state index contributed by atoms with van der Waals surface area (Å²) in [6.45, 7) is 8.47. The van der Waals surface area contributed by atoms with Crippen LogP contribution >= 0.6 is 0 Å². The van der Waals surface area contributed by atoms with Crippen molar-refractivity contribution in [1.82, 2.24) is 5.32 Å². The predicted octanol–water partition coefficient (Wildman–Crippen LogP) is 1.66. The smallest absolute Gasteiger partial charge is 0.256 e. The average Bonchev–Trinajstić information content (AvgIpc) is 2.23. The number of hydrogen-bond acceptors (Lipinski definition) is 2. The SMILES string of the molecule is C=C=CC(=O)N/C(C=C)=C/C=C(\C)C=O. The number of carbonyl (C=O) groups is 2. The molecule has 1 amide bonds. The summed E-state index contributed by atoms with van der Waals surface area (Å²) >= 11 is 0. The number of amides is 1. The molecule has 78 valence electrons. The van der Waals surface area contributed by atoms with Crippen molar-refractivity contribution in [2.45, 2.75) is 6.92 Å². The fourth-order valence-corrected chi connectivity index (χ4v) is 0.692. The number of allylic oxidation sites excluding steroid dienone is 4. The number of aldehydes is 1. The maximum atomic E-state index is 11.1. The Morgan fingerprint density at radius 2 is 2.07 bits per heavy atom. The van der Waals surface area contributed by atoms with Crippen molar-refractivity contribution in [2.75, 3.05) is 0 Å². The Bertz CT molecular complexity index is 369. The first-order valence-corrected chi connectivity index (χ1v) is 4.27. The molecule has 0 saturated carbocycles. The van der Waals surface area contributed by atoms with E-state index in [0.29, 0.717) is 11.3 Å². The fourth-order valence-electron chi connectivity index (χ4n) is 0.692. The lowest BCUT2D eigenvalue weighted by atomic mass is 10.2. The molecular weight excluding hydrogens is 190 g/mol. The van der Waals surface area contributed by atoms with Crippen LogP contribution in [-0.2, 0) is 9.59 Å². The second kappa shape index (κ2) is 7.30. The molecule has 0 aromatic carbocycles. The van der Waals surface area contributed by atoms with Crippen molar-refractivity contribution < 1.29 is 9.59 Å². The molecule has 0 rings (SSSR count). The standard InChI is InChI=1S/C12H13NO2/c1-4-6-12(15)13-11(5-2)8-7-10(3)9-14/h5-9H,1-2H2,3H3,(H,13,15)/b10-7+,11-8+. The van der Waals surface area contributed by atoms with Crippen molar-refractivity contribution in [2.24, 2.45) is 0 Å². The van der Waals surface area contributed by atoms with E-state index < -0.39 is 0 Å². The molecule has 0 aromatic rings. The lowest BCUT2D eigenvalue weighted by Crippen LogP contribution is -2.18. The first-order chi connectivity index (χ1) is 7.13. The summed E-state index contributed by atoms with van der Waals surface area (Å²) in [5.41, 5.74) is 3.42. The molecule has 3 nitrogen and oxygen atoms in total. The number of carbonyl (C=O) groups excluding carboxylic acids is 2. The van der Waals surface area contributed by atoms with Crippen molar-refractivity contribution >= 4 is 12.2 Å². The zero-order valence-corrected chi connectivity index (χ0v) is 8.62. The van der Waals surface area contributed by atoms with E-state index in [-0.39, 0.29) is 5.91 Å². The Hall–Kier alpha value is -2.12. The van der Waals surface area contributed by atoms with Crippen LogP contribution in [0.3, 0.4) is 0 Å². The van der Waals surface area contributed by atoms with Gasteiger partial charge in [-0.05, 0) is 24.6 Å². The van der Waals surface area contributed by atoms with Gasteiger partial charge < -0.3 is 5.32 Å². The van der Waals surface area contributed by atoms with Crippen molar-refractivity contribution in [3.63, 3.8) is 0 Å². The van der Waals surface area contributed by atoms with Gasteiger partial charge in [-0.15, -0.1) is 5.73 Å². The van der Waals surface area contributed by atoms with E-state index in [2.05, 4.69) is 24.2 Å². The van der Waals surface area contributed by atoms with Gasteiger partial charge in [0.1, 0.15) is 6.29 Å². The fraction of sp³-hybridized carbons (Fsp3) is 0.0833. The van der Waals surface area contributed by atoms with E-state index in [1.807, 2.05) is 0 Å². The van der Waals surface area contributed by atoms with Crippen molar-refractivity contribution in [3.8, 4) is 0 Å². The second-order valence-corrected chi connectivity index (χ2v) is 2.69. The van der Waals surface area contributed by atoms with Gasteiger partial charge in [0, 0.05) is 11.8 Å². The largest absolute Gasteiger partial charge is 0.322 e. The zero-order chi connectivity index (χ0) is 11.7. The number of nitrogens with one attached hydrogen (secondary N) is 1. The summed E-state index contributed by atoms with van der Waals surface area (Å²) in [7, 11) is 0. The monoisotopic (exact) mass is 203 g/mol. The van der Waals surface area contributed by atoms with Crippen LogP contribution in [-0.4, -0.2) is 12.2 Å². The summed E-state index contributed by atoms with van der Waals surface area (Å²) in [4.78, 5) is 21.4. The van der Waals surface area contributed by atoms with E-state index in [1.54, 1.807) is 19.1 Å². The Balaban J connectivity index is 4.63. The third-order valence-corrected chi connectivity index (χ3v) is 1.43. The van der Waals surface area contributed by atoms with Gasteiger partial charge in [0.15, 0.2) is 0 Å². The molecule has 1 N–H and O–H groups in total. The van der Waals surface area contributed by atoms with Crippen LogP contribution in [0, 0.1) is 0 Å². The lowest BCUT2D eigenvalue weighted by Gasteiger charge is -2.00. The Morgan fingerprint density at radius 3 is 2.53 bits per heavy atom. The highest BCUT2D eigenvalue weighted by molar-refractivity contribution is 5.89. The van der Waals surface area contributed by atoms with Gasteiger partial charge in [0.25, 0.3) is 5.91 Å². The van der Waals surface area contributed by atoms with E-state index in [0.717, 1.165) is 6.29 Å². The summed E-state index contributed by atoms with van der Waals surface area (Å²) in [5.74, 6) is -0.340. The van der Waals surface area contributed by atoms with Gasteiger partial charge in [-0.2, -0.15) is 0 Å². The maximum Gasteiger partial charge on any atom is 0.256 e. The van der Waals surface area contributed by atoms with E-state index >= 15 is 0 Å². The first kappa shape index (κ1) is 12.9. The highest BCUT2D eigenvalue weighted by atomic mass is 16.1. The van der Waals surface area contributed by atoms with Gasteiger partial charge in [0.05, 0.1) is 0 Å². The highest BCUT2D eigenvalue weighted by Crippen LogP contribution is 1.94. The van der Waals surface area contributed by atoms with E-state index in [4.69, 9.17) is 0 Å². The maximum absolute atomic E-state index is 11.1. The van der Waals surface area contributed by atoms with Crippen LogP contribution in [0.2, 0.25) is 0 Å². The molecule has 0 saturated heterocycles. The molecule has 0 aliphatic heterocycles. The van der Waals surface area contributed by atoms with Crippen molar-refractivity contribution in [1.29, 1.82) is 0 Å². The second-order valence-electron chi connectivity index (χ2n) is 2.69. The minimum atomic E-state index is -0.340. The Labute approximate surface area is 89.2 Å². The lowest BCUT2D eigenvalue weighted by molar-refractivity contribution is -0.115. The molecule has 0 radical (unpaired) electrons. The highest BCUT2D eigenvalue weighted by Gasteiger charge is 1.95. The normalized spacial score (nSPS) is 11.3. The summed E-state index contributed by atoms with van der Waals surface area (Å²) < 4.78 is 0. The topological polar surface area (TPSA) is 46.2 Å². The van der Waals surface area contributed by atoms with Crippen LogP contribution in [0.4, 0.5) is 0 Å². The summed E-state index contributed by atoms with van der Waals surface area (Å²) in [5, 5.41) is 2.53. The van der Waals surface area contributed by atoms with Crippen LogP contribution < -0.4 is 5.32 Å². The van der Waals surface area contributed by atoms with Crippen molar-refractivity contribution in [3.05, 3.63) is 54.5 Å². The third-order valence-electron chi connectivity index (χ3n) is 1.43. The molecule has 0 fully saturated rings. The van der Waals surface area contributed by atoms with Gasteiger partial charge in [-0.3, -0.25) is 9.59 Å². The van der Waals surface area contributed by atoms with Gasteiger partial charge in [-0.1, -0.05) is 19.2 Å². The van der Waals surface area contributed by atoms with Crippen LogP contribution in [0.15, 0.2) is 54.5 Å². The summed E-state index contributed by atoms with van der Waals surface area (Å²) in [6.07, 6.45) is 6.55. The third kappa shape index (κ3) is 6.02. The molecular formula is C12H13NO2. The minimum Gasteiger partial charge on any atom is -0.322 e. The molecule has 15 heavy (non-hydrogen) atoms. The molecule has 0 heterocycles. The van der Waals surface area contributed by atoms with Gasteiger partial charge in [-0.25, -0.2) is 0 Å². The van der Waals surface area contributed by atoms with Gasteiger partial charge in [0.2, 0.25) is 0 Å². The Morgan fingerprint density at radius 1 is 1.40 bits per heavy atom. The quantitative estimate of drug-likeness (QED) is 0.319. The average molecular weight is 203 g/mol. The molecule has 0 spiro atoms. The van der Waals surface area contributed by atoms with Crippen LogP contribution in [0.5, 0.6) is 0 Å². The zero-order valence-electron chi connectivity index (χ0n) is 8.62. The molecule has 0 aliphatic rings. The molecule has 0 aromatic heterocycles. The number of rotatable bonds is 5. The molecule has 0 aliphatic carbocycles. The molecule has 0 atom stereocenters. The molecule has 0 unspecified atom stereocenters. The van der Waals surface area contributed by atoms with Crippen LogP contribution in [0.1, 0.15) is 6.92 Å². The van der Waals surface area contributed by atoms with E-state index in [9.17, 15) is 9.59 Å². The Kier molecular flexibility index (Phi) is 6.27. The summed E-state index contributed by atoms with van der Waals surface area (Å²) in [6, 6.07) is 0. The molecule has 3 heteroatoms. The predicted molar refractivity (Wildman–Crippen MR) is 60.0 cm³/mol. The molecule has 0 bridgehead atoms. The number of hydrogen-bond donors (Lipinski definition) is 1.